The van der Waals surface area contributed by atoms with Crippen LogP contribution in [0, 0.1) is 0 Å². The minimum absolute atomic E-state index is 0.123. The first-order chi connectivity index (χ1) is 4.74. The van der Waals surface area contributed by atoms with Gasteiger partial charge in [0, 0.05) is 10.3 Å². The van der Waals surface area contributed by atoms with Crippen LogP contribution in [0.5, 0.6) is 0 Å². The fourth-order valence-corrected chi connectivity index (χ4v) is 1.19. The van der Waals surface area contributed by atoms with Gasteiger partial charge in [-0.3, -0.25) is 0 Å². The summed E-state index contributed by atoms with van der Waals surface area (Å²) in [5, 5.41) is 9.95. The van der Waals surface area contributed by atoms with Crippen LogP contribution in [-0.2, 0) is 0 Å². The Hall–Kier alpha value is -0.835. The lowest BCUT2D eigenvalue weighted by Crippen LogP contribution is -2.10. The van der Waals surface area contributed by atoms with Crippen molar-refractivity contribution in [3.63, 3.8) is 0 Å². The molecule has 0 saturated heterocycles. The van der Waals surface area contributed by atoms with E-state index in [4.69, 9.17) is 5.11 Å². The Morgan fingerprint density at radius 1 is 1.90 bits per heavy atom. The lowest BCUT2D eigenvalue weighted by Gasteiger charge is -1.81. The number of hydrogen-bond donors (Lipinski definition) is 1. The molecular formula is C5H5BNO2S. The Bertz CT molecular complexity index is 248. The predicted molar refractivity (Wildman–Crippen MR) is 40.3 cm³/mol. The van der Waals surface area contributed by atoms with Crippen molar-refractivity contribution in [2.75, 3.05) is 0 Å². The second kappa shape index (κ2) is 2.83. The van der Waals surface area contributed by atoms with E-state index in [1.807, 2.05) is 6.82 Å². The first kappa shape index (κ1) is 7.27. The number of carbonyl (C=O) groups is 1. The largest absolute Gasteiger partial charge is 0.476 e. The third-order valence-corrected chi connectivity index (χ3v) is 1.90. The normalized spacial score (nSPS) is 9.30. The number of hydrogen-bond acceptors (Lipinski definition) is 3. The standard InChI is InChI=1S/C5H5BNO2S/c1-6-5-7-3(2-10-5)4(8)9/h2H,1H3,(H,8,9). The summed E-state index contributed by atoms with van der Waals surface area (Å²) in [4.78, 5) is 14.8. The molecule has 51 valence electrons. The maximum Gasteiger partial charge on any atom is 0.355 e. The van der Waals surface area contributed by atoms with Gasteiger partial charge in [-0.05, 0) is 0 Å². The predicted octanol–water partition coefficient (Wildman–Crippen LogP) is 0.219. The van der Waals surface area contributed by atoms with Crippen molar-refractivity contribution in [3.8, 4) is 0 Å². The third kappa shape index (κ3) is 1.36. The van der Waals surface area contributed by atoms with E-state index in [-0.39, 0.29) is 5.69 Å². The van der Waals surface area contributed by atoms with E-state index in [1.54, 1.807) is 7.28 Å². The van der Waals surface area contributed by atoms with Gasteiger partial charge < -0.3 is 5.11 Å². The number of carboxylic acid groups (broad SMARTS) is 1. The van der Waals surface area contributed by atoms with E-state index >= 15 is 0 Å². The Balaban J connectivity index is 2.88. The van der Waals surface area contributed by atoms with Crippen LogP contribution < -0.4 is 4.91 Å². The first-order valence-electron chi connectivity index (χ1n) is 2.72. The van der Waals surface area contributed by atoms with Crippen molar-refractivity contribution in [3.05, 3.63) is 11.1 Å². The lowest BCUT2D eigenvalue weighted by molar-refractivity contribution is 0.0691. The van der Waals surface area contributed by atoms with E-state index in [9.17, 15) is 4.79 Å². The number of aromatic carboxylic acids is 1. The molecule has 0 aliphatic rings. The van der Waals surface area contributed by atoms with E-state index < -0.39 is 5.97 Å². The van der Waals surface area contributed by atoms with Gasteiger partial charge in [0.25, 0.3) is 0 Å². The summed E-state index contributed by atoms with van der Waals surface area (Å²) in [6.07, 6.45) is 0. The minimum Gasteiger partial charge on any atom is -0.476 e. The van der Waals surface area contributed by atoms with E-state index in [0.717, 1.165) is 4.91 Å². The third-order valence-electron chi connectivity index (χ3n) is 0.988. The highest BCUT2D eigenvalue weighted by Crippen LogP contribution is 1.97. The molecule has 3 nitrogen and oxygen atoms in total. The highest BCUT2D eigenvalue weighted by Gasteiger charge is 2.06. The summed E-state index contributed by atoms with van der Waals surface area (Å²) in [7, 11) is 1.77. The van der Waals surface area contributed by atoms with Crippen LogP contribution in [0.2, 0.25) is 6.82 Å². The van der Waals surface area contributed by atoms with Crippen LogP contribution in [0.4, 0.5) is 0 Å². The highest BCUT2D eigenvalue weighted by molar-refractivity contribution is 7.19. The molecule has 0 aliphatic heterocycles. The molecule has 0 aromatic carbocycles. The minimum atomic E-state index is -0.968. The van der Waals surface area contributed by atoms with Crippen molar-refractivity contribution < 1.29 is 9.90 Å². The van der Waals surface area contributed by atoms with Gasteiger partial charge in [0.2, 0.25) is 0 Å². The Morgan fingerprint density at radius 3 is 2.90 bits per heavy atom. The monoisotopic (exact) mass is 154 g/mol. The molecule has 0 saturated carbocycles. The van der Waals surface area contributed by atoms with Crippen LogP contribution in [0.3, 0.4) is 0 Å². The number of thiazole rings is 1. The molecule has 0 spiro atoms. The molecule has 0 atom stereocenters. The molecule has 0 amide bonds. The summed E-state index contributed by atoms with van der Waals surface area (Å²) < 4.78 is 0. The smallest absolute Gasteiger partial charge is 0.355 e. The summed E-state index contributed by atoms with van der Waals surface area (Å²) in [5.41, 5.74) is 0.123. The molecular weight excluding hydrogens is 149 g/mol. The van der Waals surface area contributed by atoms with Gasteiger partial charge in [-0.15, -0.1) is 11.3 Å². The van der Waals surface area contributed by atoms with Gasteiger partial charge in [0.1, 0.15) is 0 Å². The molecule has 1 aromatic heterocycles. The SMILES string of the molecule is C[B]c1nc(C(=O)O)cs1. The van der Waals surface area contributed by atoms with Gasteiger partial charge in [-0.1, -0.05) is 6.82 Å². The number of nitrogens with zero attached hydrogens (tertiary/aromatic N) is 1. The van der Waals surface area contributed by atoms with Crippen LogP contribution in [0.1, 0.15) is 10.5 Å². The van der Waals surface area contributed by atoms with Crippen LogP contribution >= 0.6 is 11.3 Å². The molecule has 10 heavy (non-hydrogen) atoms. The van der Waals surface area contributed by atoms with Gasteiger partial charge in [-0.2, -0.15) is 0 Å². The quantitative estimate of drug-likeness (QED) is 0.619. The van der Waals surface area contributed by atoms with Crippen LogP contribution in [0.25, 0.3) is 0 Å². The maximum atomic E-state index is 10.3. The average Bonchev–Trinajstić information content (AvgIpc) is 2.34. The number of rotatable bonds is 2. The molecule has 1 heterocycles. The van der Waals surface area contributed by atoms with E-state index in [1.165, 1.54) is 16.7 Å². The zero-order chi connectivity index (χ0) is 7.56. The summed E-state index contributed by atoms with van der Waals surface area (Å²) in [6.45, 7) is 1.82. The topological polar surface area (TPSA) is 50.2 Å². The van der Waals surface area contributed by atoms with Crippen LogP contribution in [-0.4, -0.2) is 23.3 Å². The summed E-state index contributed by atoms with van der Waals surface area (Å²) in [6, 6.07) is 0. The Morgan fingerprint density at radius 2 is 2.60 bits per heavy atom. The number of carboxylic acids is 1. The van der Waals surface area contributed by atoms with Crippen molar-refractivity contribution in [2.45, 2.75) is 6.82 Å². The van der Waals surface area contributed by atoms with Gasteiger partial charge in [-0.25, -0.2) is 9.78 Å². The van der Waals surface area contributed by atoms with Crippen molar-refractivity contribution in [2.24, 2.45) is 0 Å². The van der Waals surface area contributed by atoms with E-state index in [2.05, 4.69) is 4.98 Å². The second-order valence-electron chi connectivity index (χ2n) is 1.66. The summed E-state index contributed by atoms with van der Waals surface area (Å²) >= 11 is 1.33. The van der Waals surface area contributed by atoms with Gasteiger partial charge >= 0.3 is 5.97 Å². The lowest BCUT2D eigenvalue weighted by atomic mass is 9.84. The van der Waals surface area contributed by atoms with Crippen molar-refractivity contribution >= 4 is 29.5 Å². The van der Waals surface area contributed by atoms with Gasteiger partial charge in [0.15, 0.2) is 13.0 Å². The molecule has 0 bridgehead atoms. The molecule has 0 unspecified atom stereocenters. The molecule has 1 radical (unpaired) electrons. The van der Waals surface area contributed by atoms with Crippen LogP contribution in [0.15, 0.2) is 5.38 Å². The van der Waals surface area contributed by atoms with E-state index in [0.29, 0.717) is 0 Å². The summed E-state index contributed by atoms with van der Waals surface area (Å²) in [5.74, 6) is -0.968. The molecule has 0 aliphatic carbocycles. The van der Waals surface area contributed by atoms with Crippen molar-refractivity contribution in [1.82, 2.24) is 4.98 Å². The molecule has 1 rings (SSSR count). The fourth-order valence-electron chi connectivity index (χ4n) is 0.518. The Kier molecular flexibility index (Phi) is 2.06. The highest BCUT2D eigenvalue weighted by atomic mass is 32.1. The second-order valence-corrected chi connectivity index (χ2v) is 2.55. The zero-order valence-electron chi connectivity index (χ0n) is 5.37. The Labute approximate surface area is 63.0 Å². The maximum absolute atomic E-state index is 10.3. The number of aromatic nitrogens is 1. The fraction of sp³-hybridized carbons (Fsp3) is 0.200. The zero-order valence-corrected chi connectivity index (χ0v) is 6.18. The van der Waals surface area contributed by atoms with Gasteiger partial charge in [0.05, 0.1) is 0 Å². The molecule has 1 aromatic rings. The molecule has 0 fully saturated rings. The first-order valence-corrected chi connectivity index (χ1v) is 3.60. The molecule has 1 N–H and O–H groups in total. The van der Waals surface area contributed by atoms with Crippen molar-refractivity contribution in [1.29, 1.82) is 0 Å². The average molecular weight is 154 g/mol. The molecule has 5 heteroatoms.